The molecule has 0 spiro atoms. The van der Waals surface area contributed by atoms with E-state index in [1.165, 1.54) is 12.1 Å². The molecule has 31 heavy (non-hydrogen) atoms. The number of hydrogen-bond acceptors (Lipinski definition) is 4. The third kappa shape index (κ3) is 3.94. The van der Waals surface area contributed by atoms with Crippen LogP contribution in [0.3, 0.4) is 0 Å². The van der Waals surface area contributed by atoms with E-state index in [1.807, 2.05) is 42.5 Å². The van der Waals surface area contributed by atoms with Gasteiger partial charge in [-0.25, -0.2) is 9.07 Å². The molecule has 1 atom stereocenters. The van der Waals surface area contributed by atoms with Crippen molar-refractivity contribution in [1.82, 2.24) is 9.78 Å². The molecule has 3 aromatic carbocycles. The van der Waals surface area contributed by atoms with Crippen LogP contribution in [0, 0.1) is 5.82 Å². The second-order valence-corrected chi connectivity index (χ2v) is 8.69. The van der Waals surface area contributed by atoms with E-state index in [9.17, 15) is 13.4 Å². The van der Waals surface area contributed by atoms with Crippen molar-refractivity contribution in [3.05, 3.63) is 83.8 Å². The topological polar surface area (TPSA) is 73.2 Å². The minimum atomic E-state index is -1.05. The average Bonchev–Trinajstić information content (AvgIpc) is 3.29. The number of benzene rings is 3. The lowest BCUT2D eigenvalue weighted by atomic mass is 10.1. The number of carbonyl (C=O) groups excluding carboxylic acids is 1. The summed E-state index contributed by atoms with van der Waals surface area (Å²) in [5.41, 5.74) is 2.02. The zero-order valence-electron chi connectivity index (χ0n) is 16.4. The molecule has 4 aromatic rings. The largest absolute Gasteiger partial charge is 0.484 e. The minimum Gasteiger partial charge on any atom is -0.484 e. The second kappa shape index (κ2) is 7.96. The van der Waals surface area contributed by atoms with Crippen LogP contribution in [-0.2, 0) is 27.1 Å². The van der Waals surface area contributed by atoms with Gasteiger partial charge in [0.2, 0.25) is 0 Å². The molecule has 0 saturated carbocycles. The van der Waals surface area contributed by atoms with Crippen LogP contribution in [0.25, 0.3) is 16.5 Å². The molecular weight excluding hydrogens is 417 g/mol. The summed E-state index contributed by atoms with van der Waals surface area (Å²) in [6.07, 6.45) is 0. The normalized spacial score (nSPS) is 15.1. The Labute approximate surface area is 180 Å². The molecule has 1 aliphatic rings. The Morgan fingerprint density at radius 2 is 1.84 bits per heavy atom. The number of rotatable bonds is 5. The highest BCUT2D eigenvalue weighted by Crippen LogP contribution is 2.31. The van der Waals surface area contributed by atoms with E-state index in [4.69, 9.17) is 4.74 Å². The summed E-state index contributed by atoms with van der Waals surface area (Å²) in [5, 5.41) is 9.44. The molecule has 1 aliphatic heterocycles. The summed E-state index contributed by atoms with van der Waals surface area (Å²) in [6, 6.07) is 19.3. The number of fused-ring (bicyclic) bond motifs is 2. The van der Waals surface area contributed by atoms with Gasteiger partial charge in [0.15, 0.2) is 6.61 Å². The number of ether oxygens (including phenoxy) is 1. The number of amides is 1. The quantitative estimate of drug-likeness (QED) is 0.515. The minimum absolute atomic E-state index is 0.190. The molecule has 1 aromatic heterocycles. The Hall–Kier alpha value is -3.52. The molecule has 0 bridgehead atoms. The molecule has 1 N–H and O–H groups in total. The van der Waals surface area contributed by atoms with E-state index < -0.39 is 10.8 Å². The lowest BCUT2D eigenvalue weighted by Gasteiger charge is -2.12. The molecule has 6 nitrogen and oxygen atoms in total. The van der Waals surface area contributed by atoms with E-state index >= 15 is 0 Å². The first-order valence-corrected chi connectivity index (χ1v) is 11.2. The number of nitrogens with one attached hydrogen (secondary N) is 1. The van der Waals surface area contributed by atoms with Crippen molar-refractivity contribution in [1.29, 1.82) is 0 Å². The smallest absolute Gasteiger partial charge is 0.263 e. The van der Waals surface area contributed by atoms with Crippen molar-refractivity contribution < 1.29 is 18.1 Å². The van der Waals surface area contributed by atoms with Gasteiger partial charge in [-0.3, -0.25) is 9.00 Å². The third-order valence-corrected chi connectivity index (χ3v) is 6.30. The van der Waals surface area contributed by atoms with E-state index in [1.54, 1.807) is 16.8 Å². The van der Waals surface area contributed by atoms with Crippen molar-refractivity contribution in [3.8, 4) is 11.4 Å². The van der Waals surface area contributed by atoms with Gasteiger partial charge in [-0.1, -0.05) is 30.3 Å². The maximum Gasteiger partial charge on any atom is 0.263 e. The van der Waals surface area contributed by atoms with Crippen molar-refractivity contribution in [2.24, 2.45) is 0 Å². The first-order chi connectivity index (χ1) is 15.1. The summed E-state index contributed by atoms with van der Waals surface area (Å²) in [5.74, 6) is 0.958. The maximum atomic E-state index is 13.3. The van der Waals surface area contributed by atoms with Crippen LogP contribution in [0.4, 0.5) is 10.2 Å². The molecule has 0 fully saturated rings. The van der Waals surface area contributed by atoms with Gasteiger partial charge in [-0.05, 0) is 47.2 Å². The van der Waals surface area contributed by atoms with Crippen LogP contribution in [0.15, 0.2) is 66.7 Å². The van der Waals surface area contributed by atoms with Gasteiger partial charge >= 0.3 is 0 Å². The molecule has 8 heteroatoms. The van der Waals surface area contributed by atoms with Gasteiger partial charge in [0.05, 0.1) is 22.9 Å². The Bertz CT molecular complexity index is 1320. The Morgan fingerprint density at radius 3 is 2.65 bits per heavy atom. The summed E-state index contributed by atoms with van der Waals surface area (Å²) >= 11 is 0. The Kier molecular flexibility index (Phi) is 4.99. The third-order valence-electron chi connectivity index (χ3n) is 5.09. The lowest BCUT2D eigenvalue weighted by molar-refractivity contribution is -0.118. The molecule has 0 saturated heterocycles. The van der Waals surface area contributed by atoms with Crippen molar-refractivity contribution >= 4 is 33.3 Å². The maximum absolute atomic E-state index is 13.3. The molecule has 2 heterocycles. The number of anilines is 1. The summed E-state index contributed by atoms with van der Waals surface area (Å²) in [7, 11) is -1.05. The van der Waals surface area contributed by atoms with Gasteiger partial charge in [-0.15, -0.1) is 0 Å². The van der Waals surface area contributed by atoms with Crippen molar-refractivity contribution in [3.63, 3.8) is 0 Å². The monoisotopic (exact) mass is 435 g/mol. The van der Waals surface area contributed by atoms with Crippen LogP contribution >= 0.6 is 0 Å². The lowest BCUT2D eigenvalue weighted by Crippen LogP contribution is -2.22. The first-order valence-electron chi connectivity index (χ1n) is 9.70. The van der Waals surface area contributed by atoms with E-state index in [-0.39, 0.29) is 18.3 Å². The summed E-state index contributed by atoms with van der Waals surface area (Å²) in [4.78, 5) is 12.7. The van der Waals surface area contributed by atoms with Gasteiger partial charge in [-0.2, -0.15) is 5.10 Å². The fraction of sp³-hybridized carbons (Fsp3) is 0.130. The Balaban J connectivity index is 1.36. The van der Waals surface area contributed by atoms with Gasteiger partial charge in [0.25, 0.3) is 5.91 Å². The molecule has 5 rings (SSSR count). The van der Waals surface area contributed by atoms with Crippen molar-refractivity contribution in [2.75, 3.05) is 11.9 Å². The van der Waals surface area contributed by atoms with E-state index in [0.29, 0.717) is 34.5 Å². The Morgan fingerprint density at radius 1 is 1.06 bits per heavy atom. The molecule has 156 valence electrons. The first kappa shape index (κ1) is 19.4. The summed E-state index contributed by atoms with van der Waals surface area (Å²) in [6.45, 7) is -0.190. The van der Waals surface area contributed by atoms with Crippen LogP contribution in [0.5, 0.6) is 5.75 Å². The average molecular weight is 435 g/mol. The highest BCUT2D eigenvalue weighted by atomic mass is 32.2. The summed E-state index contributed by atoms with van der Waals surface area (Å²) < 4.78 is 32.5. The number of aromatic nitrogens is 2. The van der Waals surface area contributed by atoms with E-state index in [0.717, 1.165) is 16.3 Å². The van der Waals surface area contributed by atoms with Gasteiger partial charge in [0.1, 0.15) is 17.4 Å². The van der Waals surface area contributed by atoms with Crippen molar-refractivity contribution in [2.45, 2.75) is 11.5 Å². The zero-order chi connectivity index (χ0) is 21.4. The van der Waals surface area contributed by atoms with Crippen LogP contribution < -0.4 is 10.1 Å². The standard InChI is InChI=1S/C23H18FN3O3S/c24-17-6-8-18(9-7-17)27-23(20-13-31(29)14-21(20)26-27)25-22(28)12-30-19-10-5-15-3-1-2-4-16(15)11-19/h1-11H,12-14H2,(H,25,28)/t31-/m1/s1. The predicted octanol–water partition coefficient (Wildman–Crippen LogP) is 3.94. The number of nitrogens with zero attached hydrogens (tertiary/aromatic N) is 2. The molecule has 0 radical (unpaired) electrons. The van der Waals surface area contributed by atoms with Gasteiger partial charge < -0.3 is 10.1 Å². The highest BCUT2D eigenvalue weighted by Gasteiger charge is 2.28. The fourth-order valence-electron chi connectivity index (χ4n) is 3.60. The SMILES string of the molecule is O=C(COc1ccc2ccccc2c1)Nc1c2c(nn1-c1ccc(F)cc1)C[S@](=O)C2. The van der Waals surface area contributed by atoms with Crippen LogP contribution in [0.1, 0.15) is 11.3 Å². The number of halogens is 1. The molecule has 0 unspecified atom stereocenters. The predicted molar refractivity (Wildman–Crippen MR) is 117 cm³/mol. The van der Waals surface area contributed by atoms with Gasteiger partial charge in [0, 0.05) is 16.4 Å². The number of hydrogen-bond donors (Lipinski definition) is 1. The zero-order valence-corrected chi connectivity index (χ0v) is 17.2. The highest BCUT2D eigenvalue weighted by molar-refractivity contribution is 7.83. The second-order valence-electron chi connectivity index (χ2n) is 7.24. The molecule has 1 amide bonds. The molecule has 0 aliphatic carbocycles. The number of carbonyl (C=O) groups is 1. The fourth-order valence-corrected chi connectivity index (χ4v) is 4.86. The van der Waals surface area contributed by atoms with Crippen LogP contribution in [-0.4, -0.2) is 26.5 Å². The van der Waals surface area contributed by atoms with Crippen LogP contribution in [0.2, 0.25) is 0 Å². The molecular formula is C23H18FN3O3S. The van der Waals surface area contributed by atoms with E-state index in [2.05, 4.69) is 10.4 Å².